The molecule has 3 fully saturated rings. The molecule has 1 amide bonds. The van der Waals surface area contributed by atoms with E-state index in [1.807, 2.05) is 12.1 Å². The molecule has 3 atom stereocenters. The van der Waals surface area contributed by atoms with E-state index in [-0.39, 0.29) is 17.4 Å². The zero-order valence-electron chi connectivity index (χ0n) is 21.1. The summed E-state index contributed by atoms with van der Waals surface area (Å²) in [4.78, 5) is 15.5. The number of carbonyl (C=O) groups excluding carboxylic acids is 1. The fourth-order valence-electron chi connectivity index (χ4n) is 6.72. The number of amides is 1. The van der Waals surface area contributed by atoms with E-state index in [9.17, 15) is 9.90 Å². The van der Waals surface area contributed by atoms with Gasteiger partial charge in [-0.05, 0) is 99.4 Å². The molecule has 4 heteroatoms. The highest BCUT2D eigenvalue weighted by Gasteiger charge is 2.48. The van der Waals surface area contributed by atoms with E-state index in [4.69, 9.17) is 0 Å². The van der Waals surface area contributed by atoms with Gasteiger partial charge >= 0.3 is 0 Å². The highest BCUT2D eigenvalue weighted by atomic mass is 16.3. The molecular formula is C31H42N2O2. The van der Waals surface area contributed by atoms with Crippen LogP contribution in [-0.4, -0.2) is 41.6 Å². The number of piperidine rings is 1. The molecule has 0 spiro atoms. The molecule has 3 aliphatic rings. The smallest absolute Gasteiger partial charge is 0.220 e. The summed E-state index contributed by atoms with van der Waals surface area (Å²) < 4.78 is 0. The van der Waals surface area contributed by atoms with Crippen molar-refractivity contribution >= 4 is 5.91 Å². The third kappa shape index (κ3) is 6.27. The summed E-state index contributed by atoms with van der Waals surface area (Å²) in [5.41, 5.74) is 2.72. The van der Waals surface area contributed by atoms with Crippen molar-refractivity contribution in [1.82, 2.24) is 10.2 Å². The Kier molecular flexibility index (Phi) is 7.77. The molecule has 0 aromatic heterocycles. The molecule has 3 unspecified atom stereocenters. The first-order chi connectivity index (χ1) is 17.1. The van der Waals surface area contributed by atoms with Crippen molar-refractivity contribution < 1.29 is 9.90 Å². The van der Waals surface area contributed by atoms with Crippen molar-refractivity contribution in [2.24, 2.45) is 11.8 Å². The monoisotopic (exact) mass is 474 g/mol. The van der Waals surface area contributed by atoms with Crippen LogP contribution in [0.5, 0.6) is 5.75 Å². The third-order valence-electron chi connectivity index (χ3n) is 8.82. The lowest BCUT2D eigenvalue weighted by Gasteiger charge is -2.53. The number of aryl methyl sites for hydroxylation is 1. The average molecular weight is 475 g/mol. The van der Waals surface area contributed by atoms with Crippen LogP contribution >= 0.6 is 0 Å². The van der Waals surface area contributed by atoms with Gasteiger partial charge in [0.2, 0.25) is 5.91 Å². The number of benzene rings is 2. The van der Waals surface area contributed by atoms with E-state index in [0.29, 0.717) is 18.1 Å². The summed E-state index contributed by atoms with van der Waals surface area (Å²) in [6.45, 7) is 3.55. The number of likely N-dealkylation sites (tertiary alicyclic amines) is 1. The molecule has 0 bridgehead atoms. The van der Waals surface area contributed by atoms with Crippen LogP contribution in [0.1, 0.15) is 75.3 Å². The average Bonchev–Trinajstić information content (AvgIpc) is 3.68. The number of rotatable bonds is 10. The molecule has 188 valence electrons. The van der Waals surface area contributed by atoms with Gasteiger partial charge < -0.3 is 15.3 Å². The van der Waals surface area contributed by atoms with Gasteiger partial charge in [-0.25, -0.2) is 0 Å². The Bertz CT molecular complexity index is 973. The predicted molar refractivity (Wildman–Crippen MR) is 141 cm³/mol. The van der Waals surface area contributed by atoms with Crippen molar-refractivity contribution in [2.45, 2.75) is 82.1 Å². The van der Waals surface area contributed by atoms with Gasteiger partial charge in [0, 0.05) is 31.0 Å². The van der Waals surface area contributed by atoms with Crippen LogP contribution in [0.15, 0.2) is 54.6 Å². The first-order valence-electron chi connectivity index (χ1n) is 14.0. The Morgan fingerprint density at radius 3 is 2.66 bits per heavy atom. The SMILES string of the molecule is O=C(CCCCCc1ccccc1)NC1CCC2CN(CC3CC3)CCC2(c2cccc(O)c2)C1. The number of phenols is 1. The fraction of sp³-hybridized carbons (Fsp3) is 0.581. The normalized spacial score (nSPS) is 26.7. The number of nitrogens with zero attached hydrogens (tertiary/aromatic N) is 1. The van der Waals surface area contributed by atoms with Crippen LogP contribution in [0.4, 0.5) is 0 Å². The number of hydrogen-bond donors (Lipinski definition) is 2. The number of carbonyl (C=O) groups is 1. The lowest BCUT2D eigenvalue weighted by atomic mass is 9.58. The summed E-state index contributed by atoms with van der Waals surface area (Å²) >= 11 is 0. The summed E-state index contributed by atoms with van der Waals surface area (Å²) in [5, 5.41) is 13.7. The largest absolute Gasteiger partial charge is 0.508 e. The number of nitrogens with one attached hydrogen (secondary N) is 1. The van der Waals surface area contributed by atoms with Crippen molar-refractivity contribution in [3.8, 4) is 5.75 Å². The molecule has 2 aromatic carbocycles. The second-order valence-electron chi connectivity index (χ2n) is 11.4. The molecule has 2 aromatic rings. The minimum absolute atomic E-state index is 0.0602. The number of hydrogen-bond acceptors (Lipinski definition) is 3. The minimum atomic E-state index is 0.0602. The zero-order chi connectivity index (χ0) is 24.1. The van der Waals surface area contributed by atoms with Crippen molar-refractivity contribution in [3.05, 3.63) is 65.7 Å². The molecule has 4 nitrogen and oxygen atoms in total. The van der Waals surface area contributed by atoms with E-state index in [0.717, 1.165) is 70.4 Å². The molecule has 5 rings (SSSR count). The molecule has 35 heavy (non-hydrogen) atoms. The molecule has 2 aliphatic carbocycles. The van der Waals surface area contributed by atoms with Gasteiger partial charge in [0.25, 0.3) is 0 Å². The Balaban J connectivity index is 1.15. The quantitative estimate of drug-likeness (QED) is 0.426. The number of unbranched alkanes of at least 4 members (excludes halogenated alkanes) is 2. The molecule has 2 N–H and O–H groups in total. The Hall–Kier alpha value is -2.33. The van der Waals surface area contributed by atoms with Gasteiger partial charge in [0.1, 0.15) is 5.75 Å². The number of phenolic OH excluding ortho intramolecular Hbond substituents is 1. The van der Waals surface area contributed by atoms with Gasteiger partial charge in [0.15, 0.2) is 0 Å². The molecule has 1 saturated heterocycles. The van der Waals surface area contributed by atoms with E-state index < -0.39 is 0 Å². The minimum Gasteiger partial charge on any atom is -0.508 e. The first-order valence-corrected chi connectivity index (χ1v) is 14.0. The highest BCUT2D eigenvalue weighted by molar-refractivity contribution is 5.76. The highest BCUT2D eigenvalue weighted by Crippen LogP contribution is 2.50. The second kappa shape index (κ2) is 11.2. The van der Waals surface area contributed by atoms with E-state index in [1.165, 1.54) is 30.5 Å². The number of fused-ring (bicyclic) bond motifs is 1. The van der Waals surface area contributed by atoms with Gasteiger partial charge in [0.05, 0.1) is 0 Å². The molecule has 2 saturated carbocycles. The van der Waals surface area contributed by atoms with Crippen LogP contribution in [0.25, 0.3) is 0 Å². The standard InChI is InChI=1S/C31H42N2O2/c34-29-12-7-11-26(20-29)31-18-19-33(22-25-14-15-25)23-27(31)16-17-28(21-31)32-30(35)13-6-2-5-10-24-8-3-1-4-9-24/h1,3-4,7-9,11-12,20,25,27-28,34H,2,5-6,10,13-19,21-23H2,(H,32,35). The van der Waals surface area contributed by atoms with Crippen LogP contribution in [0, 0.1) is 11.8 Å². The summed E-state index contributed by atoms with van der Waals surface area (Å²) in [6.07, 6.45) is 12.1. The number of aromatic hydroxyl groups is 1. The van der Waals surface area contributed by atoms with Gasteiger partial charge in [-0.2, -0.15) is 0 Å². The lowest BCUT2D eigenvalue weighted by Crippen LogP contribution is -2.56. The fourth-order valence-corrected chi connectivity index (χ4v) is 6.72. The van der Waals surface area contributed by atoms with Crippen LogP contribution in [-0.2, 0) is 16.6 Å². The summed E-state index contributed by atoms with van der Waals surface area (Å²) in [6, 6.07) is 18.8. The predicted octanol–water partition coefficient (Wildman–Crippen LogP) is 5.83. The zero-order valence-corrected chi connectivity index (χ0v) is 21.1. The van der Waals surface area contributed by atoms with Crippen LogP contribution in [0.3, 0.4) is 0 Å². The molecule has 1 aliphatic heterocycles. The maximum absolute atomic E-state index is 12.8. The van der Waals surface area contributed by atoms with E-state index in [1.54, 1.807) is 6.07 Å². The van der Waals surface area contributed by atoms with Gasteiger partial charge in [-0.1, -0.05) is 48.9 Å². The van der Waals surface area contributed by atoms with Gasteiger partial charge in [-0.3, -0.25) is 4.79 Å². The van der Waals surface area contributed by atoms with E-state index in [2.05, 4.69) is 46.6 Å². The lowest BCUT2D eigenvalue weighted by molar-refractivity contribution is -0.122. The van der Waals surface area contributed by atoms with Crippen molar-refractivity contribution in [2.75, 3.05) is 19.6 Å². The molecule has 0 radical (unpaired) electrons. The summed E-state index contributed by atoms with van der Waals surface area (Å²) in [7, 11) is 0. The molecular weight excluding hydrogens is 432 g/mol. The Morgan fingerprint density at radius 2 is 1.86 bits per heavy atom. The maximum atomic E-state index is 12.8. The van der Waals surface area contributed by atoms with Crippen molar-refractivity contribution in [1.29, 1.82) is 0 Å². The topological polar surface area (TPSA) is 52.6 Å². The Labute approximate surface area is 211 Å². The van der Waals surface area contributed by atoms with Crippen LogP contribution in [0.2, 0.25) is 0 Å². The van der Waals surface area contributed by atoms with Gasteiger partial charge in [-0.15, -0.1) is 0 Å². The van der Waals surface area contributed by atoms with Crippen molar-refractivity contribution in [3.63, 3.8) is 0 Å². The summed E-state index contributed by atoms with van der Waals surface area (Å²) in [5.74, 6) is 2.10. The third-order valence-corrected chi connectivity index (χ3v) is 8.82. The van der Waals surface area contributed by atoms with E-state index >= 15 is 0 Å². The first kappa shape index (κ1) is 24.4. The van der Waals surface area contributed by atoms with Crippen LogP contribution < -0.4 is 5.32 Å². The second-order valence-corrected chi connectivity index (χ2v) is 11.4. The molecule has 1 heterocycles. The maximum Gasteiger partial charge on any atom is 0.220 e. The Morgan fingerprint density at radius 1 is 1.00 bits per heavy atom.